The van der Waals surface area contributed by atoms with E-state index >= 15 is 0 Å². The molecule has 0 saturated carbocycles. The molecule has 0 amide bonds. The maximum atomic E-state index is 5.52. The summed E-state index contributed by atoms with van der Waals surface area (Å²) in [7, 11) is 1.71. The lowest BCUT2D eigenvalue weighted by atomic mass is 10.00. The molecule has 1 unspecified atom stereocenters. The van der Waals surface area contributed by atoms with Gasteiger partial charge in [-0.25, -0.2) is 0 Å². The second-order valence-corrected chi connectivity index (χ2v) is 5.46. The largest absolute Gasteiger partial charge is 0.496 e. The molecule has 2 aromatic rings. The first-order chi connectivity index (χ1) is 9.71. The third-order valence-electron chi connectivity index (χ3n) is 3.29. The Balaban J connectivity index is 2.50. The van der Waals surface area contributed by atoms with E-state index in [2.05, 4.69) is 47.8 Å². The number of benzene rings is 1. The summed E-state index contributed by atoms with van der Waals surface area (Å²) < 4.78 is 9.63. The number of methoxy groups -OCH3 is 1. The van der Waals surface area contributed by atoms with Gasteiger partial charge >= 0.3 is 0 Å². The van der Waals surface area contributed by atoms with Crippen LogP contribution in [0.2, 0.25) is 0 Å². The van der Waals surface area contributed by atoms with Crippen molar-refractivity contribution in [2.45, 2.75) is 33.2 Å². The first-order valence-electron chi connectivity index (χ1n) is 6.90. The Morgan fingerprint density at radius 1 is 1.35 bits per heavy atom. The average Bonchev–Trinajstić information content (AvgIpc) is 2.93. The van der Waals surface area contributed by atoms with Crippen LogP contribution in [0, 0.1) is 6.92 Å². The zero-order chi connectivity index (χ0) is 14.5. The van der Waals surface area contributed by atoms with Crippen LogP contribution in [0.5, 0.6) is 5.75 Å². The molecule has 4 nitrogen and oxygen atoms in total. The van der Waals surface area contributed by atoms with Crippen molar-refractivity contribution in [3.05, 3.63) is 39.9 Å². The van der Waals surface area contributed by atoms with Crippen LogP contribution in [0.1, 0.15) is 41.6 Å². The van der Waals surface area contributed by atoms with Gasteiger partial charge in [-0.2, -0.15) is 0 Å². The van der Waals surface area contributed by atoms with E-state index < -0.39 is 0 Å². The second-order valence-electron chi connectivity index (χ2n) is 4.67. The highest BCUT2D eigenvalue weighted by Gasteiger charge is 2.22. The molecule has 0 saturated heterocycles. The van der Waals surface area contributed by atoms with Crippen molar-refractivity contribution in [2.24, 2.45) is 0 Å². The van der Waals surface area contributed by atoms with Gasteiger partial charge in [0.1, 0.15) is 5.75 Å². The molecule has 20 heavy (non-hydrogen) atoms. The van der Waals surface area contributed by atoms with Gasteiger partial charge in [-0.05, 0) is 37.5 Å². The molecule has 1 atom stereocenters. The van der Waals surface area contributed by atoms with Crippen molar-refractivity contribution in [3.8, 4) is 5.75 Å². The van der Waals surface area contributed by atoms with Crippen molar-refractivity contribution in [1.29, 1.82) is 0 Å². The summed E-state index contributed by atoms with van der Waals surface area (Å²) in [6, 6.07) is 6.35. The summed E-state index contributed by atoms with van der Waals surface area (Å²) >= 11 is 1.46. The third kappa shape index (κ3) is 2.99. The Morgan fingerprint density at radius 2 is 2.15 bits per heavy atom. The van der Waals surface area contributed by atoms with E-state index in [0.717, 1.165) is 30.0 Å². The van der Waals surface area contributed by atoms with Gasteiger partial charge in [-0.3, -0.25) is 0 Å². The van der Waals surface area contributed by atoms with Crippen molar-refractivity contribution in [3.63, 3.8) is 0 Å². The minimum atomic E-state index is 0.0878. The van der Waals surface area contributed by atoms with Crippen LogP contribution in [-0.2, 0) is 6.42 Å². The highest BCUT2D eigenvalue weighted by atomic mass is 32.1. The van der Waals surface area contributed by atoms with Crippen LogP contribution in [0.15, 0.2) is 18.2 Å². The highest BCUT2D eigenvalue weighted by Crippen LogP contribution is 2.33. The predicted octanol–water partition coefficient (Wildman–Crippen LogP) is 3.12. The van der Waals surface area contributed by atoms with Crippen LogP contribution in [0.25, 0.3) is 0 Å². The summed E-state index contributed by atoms with van der Waals surface area (Å²) in [5, 5.41) is 7.76. The average molecular weight is 291 g/mol. The number of hydrogen-bond donors (Lipinski definition) is 1. The fraction of sp³-hybridized carbons (Fsp3) is 0.467. The molecule has 0 aliphatic heterocycles. The molecule has 108 valence electrons. The number of aryl methyl sites for hydroxylation is 2. The maximum Gasteiger partial charge on any atom is 0.124 e. The molecule has 0 radical (unpaired) electrons. The molecular formula is C15H21N3OS. The van der Waals surface area contributed by atoms with Crippen LogP contribution in [-0.4, -0.2) is 23.2 Å². The number of ether oxygens (including phenoxy) is 1. The second kappa shape index (κ2) is 6.81. The van der Waals surface area contributed by atoms with Gasteiger partial charge in [0.15, 0.2) is 0 Å². The third-order valence-corrected chi connectivity index (χ3v) is 4.12. The Morgan fingerprint density at radius 3 is 2.80 bits per heavy atom. The molecule has 1 aromatic heterocycles. The summed E-state index contributed by atoms with van der Waals surface area (Å²) in [5.74, 6) is 0.900. The van der Waals surface area contributed by atoms with E-state index in [-0.39, 0.29) is 6.04 Å². The fourth-order valence-electron chi connectivity index (χ4n) is 2.31. The van der Waals surface area contributed by atoms with Gasteiger partial charge in [0.25, 0.3) is 0 Å². The number of aromatic nitrogens is 2. The standard InChI is InChI=1S/C15H21N3OS/c1-5-12-15(20-18-17-12)14(16-6-2)11-9-10(3)7-8-13(11)19-4/h7-9,14,16H,5-6H2,1-4H3. The molecule has 0 aliphatic carbocycles. The molecule has 0 fully saturated rings. The maximum absolute atomic E-state index is 5.52. The Labute approximate surface area is 124 Å². The molecule has 0 spiro atoms. The van der Waals surface area contributed by atoms with Gasteiger partial charge in [0.2, 0.25) is 0 Å². The van der Waals surface area contributed by atoms with Gasteiger partial charge < -0.3 is 10.1 Å². The smallest absolute Gasteiger partial charge is 0.124 e. The minimum Gasteiger partial charge on any atom is -0.496 e. The highest BCUT2D eigenvalue weighted by molar-refractivity contribution is 7.05. The van der Waals surface area contributed by atoms with Crippen molar-refractivity contribution in [2.75, 3.05) is 13.7 Å². The minimum absolute atomic E-state index is 0.0878. The van der Waals surface area contributed by atoms with Crippen molar-refractivity contribution in [1.82, 2.24) is 14.9 Å². The van der Waals surface area contributed by atoms with Crippen molar-refractivity contribution < 1.29 is 4.74 Å². The van der Waals surface area contributed by atoms with Gasteiger partial charge in [0, 0.05) is 5.56 Å². The van der Waals surface area contributed by atoms with E-state index in [4.69, 9.17) is 4.74 Å². The van der Waals surface area contributed by atoms with Gasteiger partial charge in [-0.15, -0.1) is 5.10 Å². The van der Waals surface area contributed by atoms with E-state index in [0.29, 0.717) is 0 Å². The zero-order valence-electron chi connectivity index (χ0n) is 12.4. The molecule has 1 heterocycles. The molecular weight excluding hydrogens is 270 g/mol. The van der Waals surface area contributed by atoms with Gasteiger partial charge in [-0.1, -0.05) is 36.0 Å². The van der Waals surface area contributed by atoms with E-state index in [1.807, 2.05) is 6.07 Å². The fourth-order valence-corrected chi connectivity index (χ4v) is 3.14. The Hall–Kier alpha value is -1.46. The van der Waals surface area contributed by atoms with Crippen LogP contribution >= 0.6 is 11.5 Å². The van der Waals surface area contributed by atoms with Crippen molar-refractivity contribution >= 4 is 11.5 Å². The van der Waals surface area contributed by atoms with E-state index in [1.165, 1.54) is 22.0 Å². The van der Waals surface area contributed by atoms with Crippen LogP contribution < -0.4 is 10.1 Å². The topological polar surface area (TPSA) is 47.0 Å². The molecule has 0 bridgehead atoms. The monoisotopic (exact) mass is 291 g/mol. The van der Waals surface area contributed by atoms with E-state index in [9.17, 15) is 0 Å². The Bertz CT molecular complexity index is 568. The molecule has 2 rings (SSSR count). The summed E-state index contributed by atoms with van der Waals surface area (Å²) in [6.45, 7) is 7.19. The SMILES string of the molecule is CCNC(c1cc(C)ccc1OC)c1snnc1CC. The van der Waals surface area contributed by atoms with Crippen LogP contribution in [0.4, 0.5) is 0 Å². The normalized spacial score (nSPS) is 12.4. The number of hydrogen-bond acceptors (Lipinski definition) is 5. The summed E-state index contributed by atoms with van der Waals surface area (Å²) in [6.07, 6.45) is 0.891. The lowest BCUT2D eigenvalue weighted by Crippen LogP contribution is -2.22. The first-order valence-corrected chi connectivity index (χ1v) is 7.67. The Kier molecular flexibility index (Phi) is 5.09. The molecule has 1 N–H and O–H groups in total. The lowest BCUT2D eigenvalue weighted by Gasteiger charge is -2.20. The quantitative estimate of drug-likeness (QED) is 0.888. The number of rotatable bonds is 6. The summed E-state index contributed by atoms with van der Waals surface area (Å²) in [5.41, 5.74) is 3.43. The predicted molar refractivity (Wildman–Crippen MR) is 82.5 cm³/mol. The number of nitrogens with zero attached hydrogens (tertiary/aromatic N) is 2. The molecule has 5 heteroatoms. The summed E-state index contributed by atoms with van der Waals surface area (Å²) in [4.78, 5) is 1.18. The number of nitrogens with one attached hydrogen (secondary N) is 1. The van der Waals surface area contributed by atoms with E-state index in [1.54, 1.807) is 7.11 Å². The van der Waals surface area contributed by atoms with Crippen LogP contribution in [0.3, 0.4) is 0 Å². The first kappa shape index (κ1) is 14.9. The lowest BCUT2D eigenvalue weighted by molar-refractivity contribution is 0.404. The molecule has 1 aromatic carbocycles. The zero-order valence-corrected chi connectivity index (χ0v) is 13.3. The molecule has 0 aliphatic rings. The van der Waals surface area contributed by atoms with Gasteiger partial charge in [0.05, 0.1) is 23.7 Å².